The predicted octanol–water partition coefficient (Wildman–Crippen LogP) is 7.16. The Morgan fingerprint density at radius 3 is 1.86 bits per heavy atom. The fourth-order valence-electron chi connectivity index (χ4n) is 1.63. The Labute approximate surface area is 133 Å². The molecule has 122 valence electrons. The molecule has 21 heavy (non-hydrogen) atoms. The molecule has 0 radical (unpaired) electrons. The molecule has 0 aliphatic carbocycles. The third-order valence-electron chi connectivity index (χ3n) is 2.92. The summed E-state index contributed by atoms with van der Waals surface area (Å²) in [6, 6.07) is 0. The van der Waals surface area contributed by atoms with Crippen LogP contribution in [0.25, 0.3) is 0 Å². The molecule has 0 atom stereocenters. The molecule has 0 aliphatic heterocycles. The van der Waals surface area contributed by atoms with Crippen LogP contribution in [-0.4, -0.2) is 5.11 Å². The van der Waals surface area contributed by atoms with Crippen molar-refractivity contribution in [3.63, 3.8) is 0 Å². The Hall–Kier alpha value is -1.50. The number of aliphatic hydroxyl groups is 1. The van der Waals surface area contributed by atoms with Crippen molar-refractivity contribution < 1.29 is 5.11 Å². The fraction of sp³-hybridized carbons (Fsp3) is 0.500. The molecular weight excluding hydrogens is 256 g/mol. The third kappa shape index (κ3) is 10.9. The van der Waals surface area contributed by atoms with Gasteiger partial charge in [0, 0.05) is 5.41 Å². The standard InChI is InChI=1S/C16H24O.2C2H6/c1-7-9-15(10-8-2)16(5,6)13(3)11-12-14(4)17;2*1-2/h7,9,11-12,17H,1,3-4,8,10H2,2,5-6H3;2*1-2H3/b12-11-,15-9+;;. The topological polar surface area (TPSA) is 20.2 Å². The minimum atomic E-state index is -0.129. The lowest BCUT2D eigenvalue weighted by atomic mass is 9.75. The Morgan fingerprint density at radius 1 is 1.05 bits per heavy atom. The quantitative estimate of drug-likeness (QED) is 0.390. The Morgan fingerprint density at radius 2 is 1.52 bits per heavy atom. The van der Waals surface area contributed by atoms with Gasteiger partial charge in [-0.05, 0) is 18.1 Å². The Balaban J connectivity index is -0.000000739. The lowest BCUT2D eigenvalue weighted by molar-refractivity contribution is 0.435. The maximum absolute atomic E-state index is 9.06. The van der Waals surface area contributed by atoms with E-state index in [1.54, 1.807) is 6.08 Å². The van der Waals surface area contributed by atoms with Crippen molar-refractivity contribution in [3.8, 4) is 0 Å². The molecule has 0 aliphatic rings. The summed E-state index contributed by atoms with van der Waals surface area (Å²) in [6.07, 6.45) is 9.36. The molecule has 1 heteroatoms. The second kappa shape index (κ2) is 14.9. The van der Waals surface area contributed by atoms with E-state index in [9.17, 15) is 0 Å². The minimum Gasteiger partial charge on any atom is -0.509 e. The maximum Gasteiger partial charge on any atom is 0.108 e. The summed E-state index contributed by atoms with van der Waals surface area (Å²) < 4.78 is 0. The second-order valence-electron chi connectivity index (χ2n) is 4.65. The summed E-state index contributed by atoms with van der Waals surface area (Å²) in [6.45, 7) is 25.7. The van der Waals surface area contributed by atoms with E-state index in [0.29, 0.717) is 0 Å². The molecule has 1 nitrogen and oxygen atoms in total. The molecule has 0 aromatic carbocycles. The van der Waals surface area contributed by atoms with Crippen molar-refractivity contribution in [1.29, 1.82) is 0 Å². The minimum absolute atomic E-state index is 0.0479. The van der Waals surface area contributed by atoms with E-state index >= 15 is 0 Å². The Bertz CT molecular complexity index is 354. The van der Waals surface area contributed by atoms with Crippen molar-refractivity contribution in [2.24, 2.45) is 5.41 Å². The number of aliphatic hydroxyl groups excluding tert-OH is 1. The zero-order valence-corrected chi connectivity index (χ0v) is 15.3. The molecule has 0 heterocycles. The van der Waals surface area contributed by atoms with Crippen molar-refractivity contribution in [2.75, 3.05) is 0 Å². The average Bonchev–Trinajstić information content (AvgIpc) is 2.48. The van der Waals surface area contributed by atoms with Crippen LogP contribution >= 0.6 is 0 Å². The number of hydrogen-bond acceptors (Lipinski definition) is 1. The SMILES string of the molecule is C=C/C=C(\CCC)C(C)(C)C(=C)/C=C\C(=C)O.CC.CC. The van der Waals surface area contributed by atoms with Crippen LogP contribution in [0.4, 0.5) is 0 Å². The second-order valence-corrected chi connectivity index (χ2v) is 4.65. The van der Waals surface area contributed by atoms with Gasteiger partial charge >= 0.3 is 0 Å². The van der Waals surface area contributed by atoms with E-state index in [0.717, 1.165) is 18.4 Å². The molecule has 0 spiro atoms. The van der Waals surface area contributed by atoms with Crippen molar-refractivity contribution in [3.05, 3.63) is 60.9 Å². The molecule has 0 unspecified atom stereocenters. The van der Waals surface area contributed by atoms with Crippen molar-refractivity contribution in [2.45, 2.75) is 61.3 Å². The highest BCUT2D eigenvalue weighted by atomic mass is 16.3. The van der Waals surface area contributed by atoms with Gasteiger partial charge in [0.25, 0.3) is 0 Å². The van der Waals surface area contributed by atoms with Crippen LogP contribution in [0, 0.1) is 5.41 Å². The lowest BCUT2D eigenvalue weighted by Crippen LogP contribution is -2.16. The van der Waals surface area contributed by atoms with Crippen LogP contribution in [0.15, 0.2) is 60.9 Å². The van der Waals surface area contributed by atoms with E-state index in [1.807, 2.05) is 39.8 Å². The van der Waals surface area contributed by atoms with E-state index in [4.69, 9.17) is 5.11 Å². The average molecular weight is 293 g/mol. The van der Waals surface area contributed by atoms with Crippen LogP contribution in [0.2, 0.25) is 0 Å². The molecule has 0 saturated heterocycles. The summed E-state index contributed by atoms with van der Waals surface area (Å²) in [5, 5.41) is 9.06. The predicted molar refractivity (Wildman–Crippen MR) is 99.7 cm³/mol. The molecular formula is C20H36O. The molecule has 0 bridgehead atoms. The summed E-state index contributed by atoms with van der Waals surface area (Å²) in [5.74, 6) is 0.0479. The fourth-order valence-corrected chi connectivity index (χ4v) is 1.63. The zero-order valence-electron chi connectivity index (χ0n) is 15.3. The van der Waals surface area contributed by atoms with E-state index < -0.39 is 0 Å². The summed E-state index contributed by atoms with van der Waals surface area (Å²) >= 11 is 0. The first-order valence-electron chi connectivity index (χ1n) is 7.93. The molecule has 0 aromatic rings. The third-order valence-corrected chi connectivity index (χ3v) is 2.92. The van der Waals surface area contributed by atoms with Gasteiger partial charge < -0.3 is 5.11 Å². The first kappa shape index (κ1) is 24.5. The number of allylic oxidation sites excluding steroid dienone is 6. The monoisotopic (exact) mass is 292 g/mol. The summed E-state index contributed by atoms with van der Waals surface area (Å²) in [7, 11) is 0. The van der Waals surface area contributed by atoms with Crippen molar-refractivity contribution >= 4 is 0 Å². The number of hydrogen-bond donors (Lipinski definition) is 1. The normalized spacial score (nSPS) is 10.9. The van der Waals surface area contributed by atoms with Crippen LogP contribution in [0.3, 0.4) is 0 Å². The van der Waals surface area contributed by atoms with Crippen molar-refractivity contribution in [1.82, 2.24) is 0 Å². The molecule has 0 fully saturated rings. The molecule has 0 saturated carbocycles. The smallest absolute Gasteiger partial charge is 0.108 e. The van der Waals surface area contributed by atoms with Gasteiger partial charge in [-0.25, -0.2) is 0 Å². The van der Waals surface area contributed by atoms with Crippen LogP contribution in [-0.2, 0) is 0 Å². The van der Waals surface area contributed by atoms with Gasteiger partial charge in [-0.1, -0.05) is 98.4 Å². The van der Waals surface area contributed by atoms with Gasteiger partial charge in [0.2, 0.25) is 0 Å². The first-order chi connectivity index (χ1) is 9.86. The van der Waals surface area contributed by atoms with Crippen LogP contribution in [0.1, 0.15) is 61.3 Å². The highest BCUT2D eigenvalue weighted by molar-refractivity contribution is 5.35. The van der Waals surface area contributed by atoms with Gasteiger partial charge in [-0.2, -0.15) is 0 Å². The maximum atomic E-state index is 9.06. The molecule has 1 N–H and O–H groups in total. The van der Waals surface area contributed by atoms with Crippen LogP contribution < -0.4 is 0 Å². The highest BCUT2D eigenvalue weighted by Crippen LogP contribution is 2.37. The van der Waals surface area contributed by atoms with Gasteiger partial charge in [0.05, 0.1) is 0 Å². The van der Waals surface area contributed by atoms with Gasteiger partial charge in [-0.15, -0.1) is 0 Å². The first-order valence-corrected chi connectivity index (χ1v) is 7.93. The molecule has 0 amide bonds. The zero-order chi connectivity index (χ0) is 17.5. The largest absolute Gasteiger partial charge is 0.509 e. The van der Waals surface area contributed by atoms with E-state index in [-0.39, 0.29) is 11.2 Å². The molecule has 0 aromatic heterocycles. The van der Waals surface area contributed by atoms with Crippen LogP contribution in [0.5, 0.6) is 0 Å². The van der Waals surface area contributed by atoms with E-state index in [2.05, 4.69) is 46.6 Å². The molecule has 0 rings (SSSR count). The van der Waals surface area contributed by atoms with Gasteiger partial charge in [-0.3, -0.25) is 0 Å². The Kier molecular flexibility index (Phi) is 17.4. The van der Waals surface area contributed by atoms with Gasteiger partial charge in [0.1, 0.15) is 5.76 Å². The van der Waals surface area contributed by atoms with Gasteiger partial charge in [0.15, 0.2) is 0 Å². The highest BCUT2D eigenvalue weighted by Gasteiger charge is 2.24. The summed E-state index contributed by atoms with van der Waals surface area (Å²) in [4.78, 5) is 0. The lowest BCUT2D eigenvalue weighted by Gasteiger charge is -2.29. The summed E-state index contributed by atoms with van der Waals surface area (Å²) in [5.41, 5.74) is 2.12. The number of rotatable bonds is 7. The van der Waals surface area contributed by atoms with E-state index in [1.165, 1.54) is 5.57 Å².